The zero-order chi connectivity index (χ0) is 46.1. The minimum absolute atomic E-state index is 0.0511. The lowest BCUT2D eigenvalue weighted by molar-refractivity contribution is -0.385. The Balaban J connectivity index is 0.000000205. The second-order valence-electron chi connectivity index (χ2n) is 13.4. The summed E-state index contributed by atoms with van der Waals surface area (Å²) in [6.45, 7) is 4.26. The lowest BCUT2D eigenvalue weighted by Gasteiger charge is -2.18. The highest BCUT2D eigenvalue weighted by atomic mass is 16.6. The van der Waals surface area contributed by atoms with Gasteiger partial charge in [0, 0.05) is 46.5 Å². The second-order valence-corrected chi connectivity index (χ2v) is 13.4. The Morgan fingerprint density at radius 2 is 1.17 bits per heavy atom. The highest BCUT2D eigenvalue weighted by Crippen LogP contribution is 2.39. The fourth-order valence-electron chi connectivity index (χ4n) is 6.77. The molecule has 5 N–H and O–H groups in total. The molecule has 21 nitrogen and oxygen atoms in total. The Morgan fingerprint density at radius 3 is 1.59 bits per heavy atom. The molecule has 0 aliphatic carbocycles. The van der Waals surface area contributed by atoms with E-state index in [1.165, 1.54) is 46.2 Å². The summed E-state index contributed by atoms with van der Waals surface area (Å²) in [6.07, 6.45) is -0.135. The van der Waals surface area contributed by atoms with Crippen LogP contribution in [0.2, 0.25) is 0 Å². The van der Waals surface area contributed by atoms with Crippen LogP contribution in [0.25, 0.3) is 22.8 Å². The van der Waals surface area contributed by atoms with Gasteiger partial charge in [-0.1, -0.05) is 12.1 Å². The number of ether oxygens (including phenoxy) is 2. The summed E-state index contributed by atoms with van der Waals surface area (Å²) < 4.78 is 10.9. The number of nitro groups is 2. The molecule has 0 unspecified atom stereocenters. The average Bonchev–Trinajstić information content (AvgIpc) is 3.84. The van der Waals surface area contributed by atoms with Gasteiger partial charge in [-0.15, -0.1) is 0 Å². The minimum atomic E-state index is -0.558. The van der Waals surface area contributed by atoms with Crippen molar-refractivity contribution >= 4 is 51.9 Å². The Morgan fingerprint density at radius 1 is 0.734 bits per heavy atom. The van der Waals surface area contributed by atoms with E-state index in [0.717, 1.165) is 0 Å². The number of benzene rings is 4. The Bertz CT molecular complexity index is 2820. The van der Waals surface area contributed by atoms with Gasteiger partial charge in [0.05, 0.1) is 65.3 Å². The van der Waals surface area contributed by atoms with E-state index in [-0.39, 0.29) is 76.4 Å². The average molecular weight is 868 g/mol. The highest BCUT2D eigenvalue weighted by molar-refractivity contribution is 6.11. The predicted octanol–water partition coefficient (Wildman–Crippen LogP) is 5.91. The van der Waals surface area contributed by atoms with E-state index < -0.39 is 16.5 Å². The Labute approximate surface area is 363 Å². The maximum absolute atomic E-state index is 12.9. The van der Waals surface area contributed by atoms with Crippen molar-refractivity contribution in [2.75, 3.05) is 29.6 Å². The van der Waals surface area contributed by atoms with E-state index in [9.17, 15) is 40.2 Å². The van der Waals surface area contributed by atoms with Crippen molar-refractivity contribution < 1.29 is 39.2 Å². The minimum Gasteiger partial charge on any atom is -0.494 e. The van der Waals surface area contributed by atoms with Gasteiger partial charge in [-0.05, 0) is 74.5 Å². The molecule has 8 rings (SSSR count). The number of nitrogens with two attached hydrogens (primary N) is 1. The number of carbonyl (C=O) groups excluding carboxylic acids is 2. The van der Waals surface area contributed by atoms with Crippen molar-refractivity contribution in [1.82, 2.24) is 19.9 Å². The van der Waals surface area contributed by atoms with Gasteiger partial charge < -0.3 is 25.2 Å². The van der Waals surface area contributed by atoms with Crippen LogP contribution in [-0.2, 0) is 22.4 Å². The van der Waals surface area contributed by atoms with E-state index in [2.05, 4.69) is 25.8 Å². The number of aliphatic hydroxyl groups excluding tert-OH is 1. The molecule has 2 aliphatic heterocycles. The number of nitriles is 1. The van der Waals surface area contributed by atoms with E-state index in [4.69, 9.17) is 20.1 Å². The summed E-state index contributed by atoms with van der Waals surface area (Å²) in [5.41, 5.74) is 2.51. The molecule has 6 aromatic rings. The number of aromatic nitrogens is 4. The Kier molecular flexibility index (Phi) is 14.0. The largest absolute Gasteiger partial charge is 0.494 e. The summed E-state index contributed by atoms with van der Waals surface area (Å²) in [6, 6.07) is 27.6. The quantitative estimate of drug-likeness (QED) is 0.0631. The number of hydrogen-bond acceptors (Lipinski definition) is 17. The van der Waals surface area contributed by atoms with Crippen molar-refractivity contribution in [3.05, 3.63) is 140 Å². The fraction of sp³-hybridized carbons (Fsp3) is 0.163. The van der Waals surface area contributed by atoms with Gasteiger partial charge in [0.25, 0.3) is 11.4 Å². The lowest BCUT2D eigenvalue weighted by atomic mass is 10.1. The van der Waals surface area contributed by atoms with Crippen LogP contribution in [0, 0.1) is 37.0 Å². The molecule has 324 valence electrons. The van der Waals surface area contributed by atoms with Gasteiger partial charge in [-0.25, -0.2) is 25.8 Å². The standard InChI is InChI=1S/C22H19N5O5.C21H15N5O4.H3NO/c1-2-32-16-8-6-13(7-9-16)21-24-20(18(23)12-28)17-11-19(29)26(22(17)25-21)14-4-3-5-15(10-14)27(30)31;1-2-30-16-8-6-13(7-9-16)20-23-18(12-22)17-11-19(27)25(21(17)24-20)14-4-3-5-15(10-14)26(28)29;1-2/h3-10,23,28H,2,11-12H2,1H3;3-10H,2,11H2,1H3;2H,1H2. The summed E-state index contributed by atoms with van der Waals surface area (Å²) >= 11 is 0. The van der Waals surface area contributed by atoms with E-state index in [1.54, 1.807) is 60.7 Å². The Hall–Kier alpha value is -8.58. The molecule has 2 aliphatic rings. The molecule has 0 fully saturated rings. The van der Waals surface area contributed by atoms with Gasteiger partial charge >= 0.3 is 0 Å². The molecule has 4 heterocycles. The van der Waals surface area contributed by atoms with E-state index >= 15 is 0 Å². The molecule has 0 spiro atoms. The number of aliphatic hydroxyl groups is 1. The molecule has 2 aromatic heterocycles. The SMILES string of the molecule is CCOc1ccc(-c2nc(C#N)c3c(n2)N(c2cccc([N+](=O)[O-])c2)C(=O)C3)cc1.CCOc1ccc(-c2nc(C(=N)CO)c3c(n2)N(c2cccc([N+](=O)[O-])c2)C(=O)C3)cc1.NO. The van der Waals surface area contributed by atoms with Crippen molar-refractivity contribution in [3.63, 3.8) is 0 Å². The number of nitro benzene ring substituents is 2. The van der Waals surface area contributed by atoms with Crippen molar-refractivity contribution in [3.8, 4) is 40.3 Å². The van der Waals surface area contributed by atoms with Gasteiger partial charge in [0.15, 0.2) is 11.6 Å². The van der Waals surface area contributed by atoms with Gasteiger partial charge in [0.2, 0.25) is 11.8 Å². The summed E-state index contributed by atoms with van der Waals surface area (Å²) in [4.78, 5) is 67.3. The van der Waals surface area contributed by atoms with Crippen molar-refractivity contribution in [1.29, 1.82) is 10.7 Å². The molecule has 4 aromatic carbocycles. The van der Waals surface area contributed by atoms with Crippen molar-refractivity contribution in [2.24, 2.45) is 5.90 Å². The monoisotopic (exact) mass is 867 g/mol. The molecule has 0 saturated carbocycles. The molecule has 2 amide bonds. The van der Waals surface area contributed by atoms with E-state index in [1.807, 2.05) is 19.9 Å². The fourth-order valence-corrected chi connectivity index (χ4v) is 6.77. The summed E-state index contributed by atoms with van der Waals surface area (Å²) in [5.74, 6) is 5.21. The maximum atomic E-state index is 12.9. The number of rotatable bonds is 12. The van der Waals surface area contributed by atoms with Gasteiger partial charge in [-0.2, -0.15) is 5.26 Å². The van der Waals surface area contributed by atoms with Crippen LogP contribution in [0.15, 0.2) is 97.1 Å². The smallest absolute Gasteiger partial charge is 0.271 e. The first-order chi connectivity index (χ1) is 30.9. The molecule has 0 atom stereocenters. The van der Waals surface area contributed by atoms with Crippen LogP contribution in [0.1, 0.15) is 36.4 Å². The number of carbonyl (C=O) groups is 2. The number of anilines is 4. The predicted molar refractivity (Wildman–Crippen MR) is 230 cm³/mol. The first-order valence-electron chi connectivity index (χ1n) is 19.2. The molecule has 64 heavy (non-hydrogen) atoms. The number of fused-ring (bicyclic) bond motifs is 2. The van der Waals surface area contributed by atoms with Crippen LogP contribution in [0.4, 0.5) is 34.4 Å². The number of nitrogens with one attached hydrogen (secondary N) is 1. The third-order valence-corrected chi connectivity index (χ3v) is 9.54. The number of non-ortho nitro benzene ring substituents is 2. The number of nitrogens with zero attached hydrogens (tertiary/aromatic N) is 9. The lowest BCUT2D eigenvalue weighted by Crippen LogP contribution is -2.21. The molecule has 21 heteroatoms. The topological polar surface area (TPSA) is 311 Å². The zero-order valence-electron chi connectivity index (χ0n) is 34.0. The maximum Gasteiger partial charge on any atom is 0.271 e. The van der Waals surface area contributed by atoms with Crippen LogP contribution < -0.4 is 25.2 Å². The summed E-state index contributed by atoms with van der Waals surface area (Å²) in [5, 5.41) is 56.1. The van der Waals surface area contributed by atoms with Crippen LogP contribution in [0.3, 0.4) is 0 Å². The molecular weight excluding hydrogens is 831 g/mol. The number of amides is 2. The van der Waals surface area contributed by atoms with Gasteiger partial charge in [0.1, 0.15) is 34.9 Å². The molecule has 0 saturated heterocycles. The third kappa shape index (κ3) is 9.33. The summed E-state index contributed by atoms with van der Waals surface area (Å²) in [7, 11) is 0. The van der Waals surface area contributed by atoms with Gasteiger partial charge in [-0.3, -0.25) is 39.6 Å². The van der Waals surface area contributed by atoms with Crippen LogP contribution >= 0.6 is 0 Å². The van der Waals surface area contributed by atoms with Crippen LogP contribution in [0.5, 0.6) is 11.5 Å². The first kappa shape index (κ1) is 45.0. The normalized spacial score (nSPS) is 12.2. The van der Waals surface area contributed by atoms with Crippen molar-refractivity contribution in [2.45, 2.75) is 26.7 Å². The first-order valence-corrected chi connectivity index (χ1v) is 19.2. The van der Waals surface area contributed by atoms with E-state index in [0.29, 0.717) is 58.3 Å². The third-order valence-electron chi connectivity index (χ3n) is 9.54. The second kappa shape index (κ2) is 19.9. The van der Waals surface area contributed by atoms with Crippen LogP contribution in [-0.4, -0.2) is 77.4 Å². The molecule has 0 radical (unpaired) electrons. The zero-order valence-corrected chi connectivity index (χ0v) is 34.0. The highest BCUT2D eigenvalue weighted by Gasteiger charge is 2.36. The number of hydrogen-bond donors (Lipinski definition) is 4. The molecular formula is C43H37N11O10. The molecule has 0 bridgehead atoms.